The minimum atomic E-state index is -1.15. The fourth-order valence-corrected chi connectivity index (χ4v) is 5.22. The number of fused-ring (bicyclic) bond motifs is 1. The first-order valence-corrected chi connectivity index (χ1v) is 9.62. The number of hydrogen-bond acceptors (Lipinski definition) is 5. The lowest BCUT2D eigenvalue weighted by Crippen LogP contribution is -2.30. The molecular weight excluding hydrogens is 368 g/mol. The van der Waals surface area contributed by atoms with Gasteiger partial charge in [-0.2, -0.15) is 9.78 Å². The zero-order valence-corrected chi connectivity index (χ0v) is 15.2. The van der Waals surface area contributed by atoms with Gasteiger partial charge in [-0.3, -0.25) is 4.79 Å². The van der Waals surface area contributed by atoms with Gasteiger partial charge < -0.3 is 5.11 Å². The van der Waals surface area contributed by atoms with Crippen molar-refractivity contribution in [2.75, 3.05) is 0 Å². The molecule has 0 saturated carbocycles. The first-order chi connectivity index (χ1) is 12.6. The van der Waals surface area contributed by atoms with Crippen LogP contribution in [-0.2, 0) is 11.8 Å². The van der Waals surface area contributed by atoms with Gasteiger partial charge in [-0.25, -0.2) is 4.79 Å². The largest absolute Gasteiger partial charge is 0.476 e. The van der Waals surface area contributed by atoms with Crippen LogP contribution in [0.5, 0.6) is 0 Å². The predicted octanol–water partition coefficient (Wildman–Crippen LogP) is 4.09. The molecule has 0 spiro atoms. The molecule has 0 amide bonds. The van der Waals surface area contributed by atoms with Crippen LogP contribution in [0.1, 0.15) is 36.3 Å². The molecule has 130 valence electrons. The van der Waals surface area contributed by atoms with Gasteiger partial charge in [0.15, 0.2) is 5.69 Å². The monoisotopic (exact) mass is 382 g/mol. The third-order valence-electron chi connectivity index (χ3n) is 4.51. The summed E-state index contributed by atoms with van der Waals surface area (Å²) < 4.78 is 1.17. The van der Waals surface area contributed by atoms with E-state index in [0.29, 0.717) is 17.7 Å². The molecule has 0 aromatic carbocycles. The van der Waals surface area contributed by atoms with Crippen molar-refractivity contribution < 1.29 is 14.7 Å². The summed E-state index contributed by atoms with van der Waals surface area (Å²) in [6, 6.07) is 8.11. The number of hydrogen-bond donors (Lipinski definition) is 1. The van der Waals surface area contributed by atoms with Gasteiger partial charge in [0, 0.05) is 21.7 Å². The molecule has 3 heterocycles. The topological polar surface area (TPSA) is 72.2 Å². The number of thiophene rings is 2. The van der Waals surface area contributed by atoms with Crippen LogP contribution >= 0.6 is 22.7 Å². The Morgan fingerprint density at radius 1 is 1.23 bits per heavy atom. The van der Waals surface area contributed by atoms with Crippen LogP contribution in [0.15, 0.2) is 53.8 Å². The summed E-state index contributed by atoms with van der Waals surface area (Å²) in [4.78, 5) is 26.1. The quantitative estimate of drug-likeness (QED) is 0.690. The SMILES string of the molecule is C=CC(=O)n1nc(C(=O)O)c2c1CC(c1cccs1)(c1cccs1)C=C2. The van der Waals surface area contributed by atoms with Crippen LogP contribution in [0.4, 0.5) is 0 Å². The summed E-state index contributed by atoms with van der Waals surface area (Å²) in [6.45, 7) is 3.50. The first kappa shape index (κ1) is 16.7. The standard InChI is InChI=1S/C19H14N2O3S2/c1-2-16(22)21-13-11-19(14-5-3-9-25-14,15-6-4-10-26-15)8-7-12(13)17(20-21)18(23)24/h2-10H,1,11H2,(H,23,24). The summed E-state index contributed by atoms with van der Waals surface area (Å²) >= 11 is 3.28. The van der Waals surface area contributed by atoms with Crippen molar-refractivity contribution in [3.63, 3.8) is 0 Å². The van der Waals surface area contributed by atoms with Gasteiger partial charge in [0.1, 0.15) is 0 Å². The highest BCUT2D eigenvalue weighted by molar-refractivity contribution is 7.11. The lowest BCUT2D eigenvalue weighted by atomic mass is 9.75. The van der Waals surface area contributed by atoms with E-state index < -0.39 is 17.3 Å². The van der Waals surface area contributed by atoms with Crippen molar-refractivity contribution in [2.24, 2.45) is 0 Å². The fraction of sp³-hybridized carbons (Fsp3) is 0.105. The molecule has 0 radical (unpaired) electrons. The maximum absolute atomic E-state index is 12.3. The highest BCUT2D eigenvalue weighted by Crippen LogP contribution is 2.45. The van der Waals surface area contributed by atoms with Crippen LogP contribution in [-0.4, -0.2) is 26.8 Å². The van der Waals surface area contributed by atoms with Crippen LogP contribution in [0, 0.1) is 0 Å². The number of allylic oxidation sites excluding steroid dienone is 2. The number of aromatic carboxylic acids is 1. The Morgan fingerprint density at radius 2 is 1.88 bits per heavy atom. The normalized spacial score (nSPS) is 14.8. The van der Waals surface area contributed by atoms with E-state index in [-0.39, 0.29) is 5.69 Å². The molecular formula is C19H14N2O3S2. The highest BCUT2D eigenvalue weighted by Gasteiger charge is 2.40. The van der Waals surface area contributed by atoms with Gasteiger partial charge in [0.25, 0.3) is 5.91 Å². The van der Waals surface area contributed by atoms with Crippen LogP contribution in [0.2, 0.25) is 0 Å². The lowest BCUT2D eigenvalue weighted by Gasteiger charge is -2.32. The molecule has 1 aliphatic rings. The van der Waals surface area contributed by atoms with E-state index in [2.05, 4.69) is 23.8 Å². The van der Waals surface area contributed by atoms with Gasteiger partial charge in [-0.15, -0.1) is 22.7 Å². The molecule has 0 aliphatic heterocycles. The van der Waals surface area contributed by atoms with Crippen LogP contribution < -0.4 is 0 Å². The van der Waals surface area contributed by atoms with Crippen molar-refractivity contribution in [3.8, 4) is 0 Å². The minimum Gasteiger partial charge on any atom is -0.476 e. The third kappa shape index (κ3) is 2.40. The molecule has 26 heavy (non-hydrogen) atoms. The van der Waals surface area contributed by atoms with Crippen molar-refractivity contribution in [3.05, 3.63) is 80.5 Å². The number of carbonyl (C=O) groups excluding carboxylic acids is 1. The Kier molecular flexibility index (Phi) is 3.97. The van der Waals surface area contributed by atoms with Crippen LogP contribution in [0.25, 0.3) is 6.08 Å². The number of rotatable bonds is 4. The molecule has 1 N–H and O–H groups in total. The maximum atomic E-state index is 12.3. The van der Waals surface area contributed by atoms with Gasteiger partial charge in [0.05, 0.1) is 11.1 Å². The second-order valence-corrected chi connectivity index (χ2v) is 7.80. The van der Waals surface area contributed by atoms with Crippen molar-refractivity contribution in [1.82, 2.24) is 9.78 Å². The molecule has 0 saturated heterocycles. The molecule has 3 aromatic heterocycles. The van der Waals surface area contributed by atoms with E-state index in [1.54, 1.807) is 28.7 Å². The Labute approximate surface area is 157 Å². The predicted molar refractivity (Wildman–Crippen MR) is 102 cm³/mol. The molecule has 3 aromatic rings. The molecule has 4 rings (SSSR count). The summed E-state index contributed by atoms with van der Waals surface area (Å²) in [6.07, 6.45) is 5.42. The van der Waals surface area contributed by atoms with E-state index in [0.717, 1.165) is 15.8 Å². The molecule has 0 unspecified atom stereocenters. The van der Waals surface area contributed by atoms with Crippen LogP contribution in [0.3, 0.4) is 0 Å². The number of nitrogens with zero attached hydrogens (tertiary/aromatic N) is 2. The molecule has 1 aliphatic carbocycles. The summed E-state index contributed by atoms with van der Waals surface area (Å²) in [5, 5.41) is 17.5. The number of carbonyl (C=O) groups is 2. The van der Waals surface area contributed by atoms with E-state index in [1.807, 2.05) is 29.0 Å². The van der Waals surface area contributed by atoms with E-state index >= 15 is 0 Å². The molecule has 0 fully saturated rings. The number of aromatic nitrogens is 2. The highest BCUT2D eigenvalue weighted by atomic mass is 32.1. The Bertz CT molecular complexity index is 993. The summed E-state index contributed by atoms with van der Waals surface area (Å²) in [7, 11) is 0. The zero-order chi connectivity index (χ0) is 18.3. The summed E-state index contributed by atoms with van der Waals surface area (Å²) in [5.74, 6) is -1.59. The second-order valence-electron chi connectivity index (χ2n) is 5.90. The second kappa shape index (κ2) is 6.19. The maximum Gasteiger partial charge on any atom is 0.357 e. The molecule has 0 atom stereocenters. The van der Waals surface area contributed by atoms with E-state index in [4.69, 9.17) is 0 Å². The van der Waals surface area contributed by atoms with Gasteiger partial charge in [-0.05, 0) is 29.0 Å². The first-order valence-electron chi connectivity index (χ1n) is 7.86. The van der Waals surface area contributed by atoms with Crippen molar-refractivity contribution in [2.45, 2.75) is 11.8 Å². The molecule has 0 bridgehead atoms. The van der Waals surface area contributed by atoms with Gasteiger partial charge in [-0.1, -0.05) is 30.9 Å². The number of carboxylic acid groups (broad SMARTS) is 1. The average Bonchev–Trinajstić information content (AvgIpc) is 3.40. The fourth-order valence-electron chi connectivity index (χ4n) is 3.31. The summed E-state index contributed by atoms with van der Waals surface area (Å²) in [5.41, 5.74) is 0.523. The Morgan fingerprint density at radius 3 is 2.38 bits per heavy atom. The molecule has 5 nitrogen and oxygen atoms in total. The zero-order valence-electron chi connectivity index (χ0n) is 13.6. The number of carboxylic acids is 1. The van der Waals surface area contributed by atoms with E-state index in [1.165, 1.54) is 4.68 Å². The minimum absolute atomic E-state index is 0.114. The van der Waals surface area contributed by atoms with Gasteiger partial charge in [0.2, 0.25) is 0 Å². The Hall–Kier alpha value is -2.77. The third-order valence-corrected chi connectivity index (χ3v) is 6.61. The lowest BCUT2D eigenvalue weighted by molar-refractivity contribution is 0.0689. The van der Waals surface area contributed by atoms with Crippen molar-refractivity contribution >= 4 is 40.6 Å². The van der Waals surface area contributed by atoms with E-state index in [9.17, 15) is 14.7 Å². The Balaban J connectivity index is 1.96. The smallest absolute Gasteiger partial charge is 0.357 e. The average molecular weight is 382 g/mol. The van der Waals surface area contributed by atoms with Gasteiger partial charge >= 0.3 is 5.97 Å². The molecule has 7 heteroatoms. The van der Waals surface area contributed by atoms with Crippen molar-refractivity contribution in [1.29, 1.82) is 0 Å².